The van der Waals surface area contributed by atoms with E-state index in [9.17, 15) is 9.00 Å². The number of hydrogen-bond acceptors (Lipinski definition) is 5. The van der Waals surface area contributed by atoms with Crippen molar-refractivity contribution < 1.29 is 18.5 Å². The van der Waals surface area contributed by atoms with Crippen molar-refractivity contribution in [3.63, 3.8) is 0 Å². The number of aryl methyl sites for hydroxylation is 1. The second-order valence-corrected chi connectivity index (χ2v) is 14.8. The molecule has 220 valence electrons. The van der Waals surface area contributed by atoms with E-state index >= 15 is 0 Å². The highest BCUT2D eigenvalue weighted by Crippen LogP contribution is 2.47. The fourth-order valence-corrected chi connectivity index (χ4v) is 8.94. The van der Waals surface area contributed by atoms with Crippen LogP contribution < -0.4 is 14.8 Å². The van der Waals surface area contributed by atoms with Crippen LogP contribution in [0.3, 0.4) is 0 Å². The number of carbonyl (C=O) groups excluding carboxylic acids is 1. The Labute approximate surface area is 248 Å². The molecule has 7 nitrogen and oxygen atoms in total. The highest BCUT2D eigenvalue weighted by atomic mass is 35.5. The van der Waals surface area contributed by atoms with Crippen LogP contribution in [0.4, 0.5) is 5.69 Å². The van der Waals surface area contributed by atoms with E-state index in [1.54, 1.807) is 13.2 Å². The van der Waals surface area contributed by atoms with E-state index in [2.05, 4.69) is 33.5 Å². The lowest BCUT2D eigenvalue weighted by Crippen LogP contribution is -2.49. The maximum absolute atomic E-state index is 13.3. The molecule has 1 saturated carbocycles. The van der Waals surface area contributed by atoms with Crippen molar-refractivity contribution in [1.82, 2.24) is 0 Å². The van der Waals surface area contributed by atoms with E-state index in [0.29, 0.717) is 30.4 Å². The predicted molar refractivity (Wildman–Crippen MR) is 164 cm³/mol. The summed E-state index contributed by atoms with van der Waals surface area (Å²) >= 11 is 6.40. The molecule has 2 aliphatic carbocycles. The maximum atomic E-state index is 13.3. The Balaban J connectivity index is 1.44. The minimum absolute atomic E-state index is 0.0166. The highest BCUT2D eigenvalue weighted by molar-refractivity contribution is 7.91. The van der Waals surface area contributed by atoms with Crippen LogP contribution in [0.1, 0.15) is 60.5 Å². The van der Waals surface area contributed by atoms with Crippen molar-refractivity contribution in [3.05, 3.63) is 70.3 Å². The molecule has 2 aliphatic heterocycles. The number of benzene rings is 2. The lowest BCUT2D eigenvalue weighted by molar-refractivity contribution is 0.0131. The molecule has 2 aromatic rings. The summed E-state index contributed by atoms with van der Waals surface area (Å²) in [5.41, 5.74) is 3.65. The van der Waals surface area contributed by atoms with Gasteiger partial charge in [-0.15, -0.1) is 4.36 Å². The molecule has 1 amide bonds. The molecule has 0 radical (unpaired) electrons. The fraction of sp³-hybridized carbons (Fsp3) is 0.531. The van der Waals surface area contributed by atoms with Gasteiger partial charge in [0.1, 0.15) is 15.7 Å². The molecule has 1 spiro atoms. The molecule has 2 aromatic carbocycles. The number of ether oxygens (including phenoxy) is 2. The first-order valence-electron chi connectivity index (χ1n) is 14.7. The monoisotopic (exact) mass is 597 g/mol. The molecule has 0 aromatic heterocycles. The van der Waals surface area contributed by atoms with Gasteiger partial charge in [-0.25, -0.2) is 9.35 Å². The van der Waals surface area contributed by atoms with Crippen molar-refractivity contribution in [2.75, 3.05) is 37.5 Å². The second kappa shape index (κ2) is 11.4. The number of nitrogens with two attached hydrogens (primary N) is 1. The first-order valence-corrected chi connectivity index (χ1v) is 16.9. The Morgan fingerprint density at radius 1 is 1.22 bits per heavy atom. The van der Waals surface area contributed by atoms with Crippen molar-refractivity contribution in [2.45, 2.75) is 57.0 Å². The van der Waals surface area contributed by atoms with E-state index in [4.69, 9.17) is 26.2 Å². The summed E-state index contributed by atoms with van der Waals surface area (Å²) in [6.07, 6.45) is 10.3. The van der Waals surface area contributed by atoms with Crippen LogP contribution in [0.25, 0.3) is 0 Å². The largest absolute Gasteiger partial charge is 0.490 e. The topological polar surface area (TPSA) is 94.2 Å². The summed E-state index contributed by atoms with van der Waals surface area (Å²) in [4.78, 5) is 15.7. The van der Waals surface area contributed by atoms with Gasteiger partial charge in [-0.2, -0.15) is 0 Å². The molecule has 6 rings (SSSR count). The number of anilines is 1. The first-order chi connectivity index (χ1) is 19.7. The van der Waals surface area contributed by atoms with Crippen LogP contribution in [0, 0.1) is 17.8 Å². The highest BCUT2D eigenvalue weighted by Gasteiger charge is 2.44. The third kappa shape index (κ3) is 5.81. The van der Waals surface area contributed by atoms with Gasteiger partial charge < -0.3 is 14.4 Å². The Bertz CT molecular complexity index is 1490. The van der Waals surface area contributed by atoms with Crippen LogP contribution in [-0.4, -0.2) is 48.8 Å². The zero-order valence-electron chi connectivity index (χ0n) is 23.9. The van der Waals surface area contributed by atoms with Gasteiger partial charge in [0.05, 0.1) is 18.4 Å². The van der Waals surface area contributed by atoms with E-state index in [1.807, 2.05) is 25.1 Å². The maximum Gasteiger partial charge on any atom is 0.286 e. The minimum Gasteiger partial charge on any atom is -0.490 e. The van der Waals surface area contributed by atoms with Crippen molar-refractivity contribution >= 4 is 33.1 Å². The molecule has 2 N–H and O–H groups in total. The summed E-state index contributed by atoms with van der Waals surface area (Å²) in [7, 11) is -1.40. The van der Waals surface area contributed by atoms with Crippen LogP contribution in [0.15, 0.2) is 52.9 Å². The smallest absolute Gasteiger partial charge is 0.286 e. The zero-order chi connectivity index (χ0) is 28.8. The molecule has 41 heavy (non-hydrogen) atoms. The third-order valence-electron chi connectivity index (χ3n) is 9.53. The summed E-state index contributed by atoms with van der Waals surface area (Å²) in [5.74, 6) is 1.22. The van der Waals surface area contributed by atoms with E-state index in [0.717, 1.165) is 61.7 Å². The van der Waals surface area contributed by atoms with Gasteiger partial charge >= 0.3 is 0 Å². The number of halogens is 1. The van der Waals surface area contributed by atoms with Crippen LogP contribution in [0.5, 0.6) is 5.75 Å². The van der Waals surface area contributed by atoms with Crippen molar-refractivity contribution in [3.8, 4) is 5.75 Å². The fourth-order valence-electron chi connectivity index (χ4n) is 7.33. The molecular weight excluding hydrogens is 558 g/mol. The normalized spacial score (nSPS) is 34.3. The number of hydrogen-bond donors (Lipinski definition) is 1. The molecule has 9 heteroatoms. The van der Waals surface area contributed by atoms with Crippen molar-refractivity contribution in [1.29, 1.82) is 0 Å². The van der Waals surface area contributed by atoms with Crippen LogP contribution in [-0.2, 0) is 26.5 Å². The van der Waals surface area contributed by atoms with Gasteiger partial charge in [-0.3, -0.25) is 4.79 Å². The van der Waals surface area contributed by atoms with E-state index in [-0.39, 0.29) is 23.2 Å². The van der Waals surface area contributed by atoms with E-state index < -0.39 is 15.8 Å². The Morgan fingerprint density at radius 2 is 2.07 bits per heavy atom. The van der Waals surface area contributed by atoms with Crippen molar-refractivity contribution in [2.24, 2.45) is 27.3 Å². The molecule has 4 aliphatic rings. The summed E-state index contributed by atoms with van der Waals surface area (Å²) in [6, 6.07) is 11.7. The van der Waals surface area contributed by atoms with Gasteiger partial charge in [0.15, 0.2) is 0 Å². The number of nitrogens with zero attached hydrogens (tertiary/aromatic N) is 2. The number of carbonyl (C=O) groups is 1. The number of rotatable bonds is 1. The lowest BCUT2D eigenvalue weighted by atomic mass is 9.68. The standard InChI is InChI=1S/C32H40ClN3O4S/c1-21-5-3-7-29(39-2)26-11-8-24(26)17-36-19-32(14-4-6-22-15-25(33)10-12-27(22)32)20-40-30-13-9-23(16-28(30)36)31(37)35-41(34,38)18-21/h3,7,9-10,12-13,15-16,21,24,26,29H,4-6,8,11,14,17-20H2,1-2H3,(H2,34,35,37,38)/b7-3+/t21-,24-,26+,29-,32-,41+/m0/s1. The van der Waals surface area contributed by atoms with E-state index in [1.165, 1.54) is 11.1 Å². The average molecular weight is 598 g/mol. The van der Waals surface area contributed by atoms with Crippen LogP contribution in [0.2, 0.25) is 5.02 Å². The van der Waals surface area contributed by atoms with Gasteiger partial charge in [0.2, 0.25) is 0 Å². The number of amides is 1. The summed E-state index contributed by atoms with van der Waals surface area (Å²) in [5, 5.41) is 6.85. The number of methoxy groups -OCH3 is 1. The quantitative estimate of drug-likeness (QED) is 0.411. The lowest BCUT2D eigenvalue weighted by Gasteiger charge is -2.46. The Morgan fingerprint density at radius 3 is 2.85 bits per heavy atom. The van der Waals surface area contributed by atoms with Crippen LogP contribution >= 0.6 is 11.6 Å². The van der Waals surface area contributed by atoms with Gasteiger partial charge in [0, 0.05) is 42.0 Å². The molecular formula is C32H40ClN3O4S. The SMILES string of the molecule is CO[C@H]1/C=C/C[C@H](C)C[S@](N)(=O)=NC(=O)c2ccc3c(c2)N(C[C@@H]2CC[C@H]21)C[C@@]1(CCCc2cc(Cl)ccc21)CO3. The third-order valence-corrected chi connectivity index (χ3v) is 11.3. The molecule has 1 fully saturated rings. The minimum atomic E-state index is -3.18. The summed E-state index contributed by atoms with van der Waals surface area (Å²) < 4.78 is 29.7. The number of allylic oxidation sites excluding steroid dienone is 1. The summed E-state index contributed by atoms with van der Waals surface area (Å²) in [6.45, 7) is 4.14. The van der Waals surface area contributed by atoms with Gasteiger partial charge in [-0.05, 0) is 97.7 Å². The predicted octanol–water partition coefficient (Wildman–Crippen LogP) is 5.93. The number of fused-ring (bicyclic) bond motifs is 4. The Kier molecular flexibility index (Phi) is 7.96. The zero-order valence-corrected chi connectivity index (χ0v) is 25.5. The second-order valence-electron chi connectivity index (χ2n) is 12.5. The van der Waals surface area contributed by atoms with Gasteiger partial charge in [-0.1, -0.05) is 36.7 Å². The first kappa shape index (κ1) is 28.7. The Hall–Kier alpha value is -2.39. The average Bonchev–Trinajstić information content (AvgIpc) is 3.06. The molecule has 6 atom stereocenters. The molecule has 2 heterocycles. The molecule has 0 saturated heterocycles. The van der Waals surface area contributed by atoms with Gasteiger partial charge in [0.25, 0.3) is 5.91 Å². The molecule has 0 unspecified atom stereocenters. The molecule has 2 bridgehead atoms.